The van der Waals surface area contributed by atoms with Gasteiger partial charge in [0.25, 0.3) is 10.0 Å². The first kappa shape index (κ1) is 30.4. The molecule has 2 amide bonds. The SMILES string of the molecule is COc1ccc(S(=O)(=O)N(CC(=O)N(Cc2ccc(Cl)cc2)C(C)C(=O)NC2CCCC2)c2ccc(C)cc2)cc1. The average Bonchev–Trinajstić information content (AvgIpc) is 3.48. The molecule has 1 aliphatic carbocycles. The highest BCUT2D eigenvalue weighted by atomic mass is 35.5. The molecule has 4 rings (SSSR count). The van der Waals surface area contributed by atoms with Crippen LogP contribution in [0.15, 0.2) is 77.7 Å². The third-order valence-corrected chi connectivity index (χ3v) is 9.42. The van der Waals surface area contributed by atoms with Crippen LogP contribution in [0.4, 0.5) is 5.69 Å². The van der Waals surface area contributed by atoms with Gasteiger partial charge in [0.2, 0.25) is 11.8 Å². The van der Waals surface area contributed by atoms with E-state index in [-0.39, 0.29) is 23.4 Å². The molecule has 0 bridgehead atoms. The number of hydrogen-bond acceptors (Lipinski definition) is 5. The summed E-state index contributed by atoms with van der Waals surface area (Å²) in [5, 5.41) is 3.62. The molecular formula is C31H36ClN3O5S. The number of aryl methyl sites for hydroxylation is 1. The van der Waals surface area contributed by atoms with Crippen molar-refractivity contribution in [3.63, 3.8) is 0 Å². The number of hydrogen-bond donors (Lipinski definition) is 1. The predicted molar refractivity (Wildman–Crippen MR) is 161 cm³/mol. The number of carbonyl (C=O) groups excluding carboxylic acids is 2. The van der Waals surface area contributed by atoms with E-state index in [1.807, 2.05) is 6.92 Å². The molecule has 3 aromatic rings. The van der Waals surface area contributed by atoms with Gasteiger partial charge in [-0.3, -0.25) is 13.9 Å². The standard InChI is InChI=1S/C31H36ClN3O5S/c1-22-8-14-27(15-9-22)35(41(38,39)29-18-16-28(40-3)17-19-29)21-30(36)34(20-24-10-12-25(32)13-11-24)23(2)31(37)33-26-6-4-5-7-26/h8-19,23,26H,4-7,20-21H2,1-3H3,(H,33,37). The molecule has 1 fully saturated rings. The van der Waals surface area contributed by atoms with Gasteiger partial charge in [-0.05, 0) is 80.8 Å². The van der Waals surface area contributed by atoms with Gasteiger partial charge in [0, 0.05) is 17.6 Å². The molecular weight excluding hydrogens is 562 g/mol. The summed E-state index contributed by atoms with van der Waals surface area (Å²) in [4.78, 5) is 28.8. The normalized spacial score (nSPS) is 14.3. The smallest absolute Gasteiger partial charge is 0.264 e. The Morgan fingerprint density at radius 3 is 2.17 bits per heavy atom. The Hall–Kier alpha value is -3.56. The van der Waals surface area contributed by atoms with Gasteiger partial charge in [-0.25, -0.2) is 8.42 Å². The molecule has 0 saturated heterocycles. The summed E-state index contributed by atoms with van der Waals surface area (Å²) >= 11 is 6.07. The molecule has 218 valence electrons. The minimum Gasteiger partial charge on any atom is -0.497 e. The number of anilines is 1. The van der Waals surface area contributed by atoms with Crippen LogP contribution >= 0.6 is 11.6 Å². The quantitative estimate of drug-likeness (QED) is 0.322. The second-order valence-electron chi connectivity index (χ2n) is 10.3. The summed E-state index contributed by atoms with van der Waals surface area (Å²) in [7, 11) is -2.65. The minimum atomic E-state index is -4.15. The highest BCUT2D eigenvalue weighted by Crippen LogP contribution is 2.26. The van der Waals surface area contributed by atoms with Crippen LogP contribution in [0.25, 0.3) is 0 Å². The van der Waals surface area contributed by atoms with E-state index in [1.165, 1.54) is 24.1 Å². The molecule has 41 heavy (non-hydrogen) atoms. The second-order valence-corrected chi connectivity index (χ2v) is 12.6. The summed E-state index contributed by atoms with van der Waals surface area (Å²) in [6.07, 6.45) is 3.93. The van der Waals surface area contributed by atoms with Crippen molar-refractivity contribution < 1.29 is 22.7 Å². The van der Waals surface area contributed by atoms with Gasteiger partial charge < -0.3 is 15.0 Å². The lowest BCUT2D eigenvalue weighted by Crippen LogP contribution is -2.52. The Balaban J connectivity index is 1.67. The lowest BCUT2D eigenvalue weighted by molar-refractivity contribution is -0.139. The van der Waals surface area contributed by atoms with Crippen LogP contribution in [0, 0.1) is 6.92 Å². The van der Waals surface area contributed by atoms with Gasteiger partial charge in [0.15, 0.2) is 0 Å². The average molecular weight is 598 g/mol. The summed E-state index contributed by atoms with van der Waals surface area (Å²) in [5.41, 5.74) is 2.06. The number of ether oxygens (including phenoxy) is 1. The number of nitrogens with zero attached hydrogens (tertiary/aromatic N) is 2. The topological polar surface area (TPSA) is 96.0 Å². The lowest BCUT2D eigenvalue weighted by atomic mass is 10.1. The maximum Gasteiger partial charge on any atom is 0.264 e. The maximum absolute atomic E-state index is 14.0. The molecule has 8 nitrogen and oxygen atoms in total. The Bertz CT molecular complexity index is 1440. The summed E-state index contributed by atoms with van der Waals surface area (Å²) in [5.74, 6) is -0.260. The zero-order chi connectivity index (χ0) is 29.6. The molecule has 1 aliphatic rings. The van der Waals surface area contributed by atoms with Crippen molar-refractivity contribution in [2.24, 2.45) is 0 Å². The van der Waals surface area contributed by atoms with Gasteiger partial charge in [-0.15, -0.1) is 0 Å². The van der Waals surface area contributed by atoms with Crippen LogP contribution in [0.1, 0.15) is 43.7 Å². The molecule has 10 heteroatoms. The van der Waals surface area contributed by atoms with Crippen LogP contribution in [0.3, 0.4) is 0 Å². The highest BCUT2D eigenvalue weighted by molar-refractivity contribution is 7.92. The van der Waals surface area contributed by atoms with Crippen molar-refractivity contribution in [1.29, 1.82) is 0 Å². The highest BCUT2D eigenvalue weighted by Gasteiger charge is 2.33. The molecule has 1 atom stereocenters. The Morgan fingerprint density at radius 1 is 0.976 bits per heavy atom. The largest absolute Gasteiger partial charge is 0.497 e. The van der Waals surface area contributed by atoms with Crippen LogP contribution in [0.5, 0.6) is 5.75 Å². The number of carbonyl (C=O) groups is 2. The first-order valence-electron chi connectivity index (χ1n) is 13.7. The van der Waals surface area contributed by atoms with Crippen molar-refractivity contribution in [3.8, 4) is 5.75 Å². The van der Waals surface area contributed by atoms with E-state index in [4.69, 9.17) is 16.3 Å². The van der Waals surface area contributed by atoms with Crippen molar-refractivity contribution in [2.45, 2.75) is 63.1 Å². The van der Waals surface area contributed by atoms with Gasteiger partial charge >= 0.3 is 0 Å². The molecule has 1 N–H and O–H groups in total. The van der Waals surface area contributed by atoms with Gasteiger partial charge in [-0.2, -0.15) is 0 Å². The monoisotopic (exact) mass is 597 g/mol. The molecule has 1 saturated carbocycles. The zero-order valence-electron chi connectivity index (χ0n) is 23.5. The molecule has 0 aliphatic heterocycles. The molecule has 3 aromatic carbocycles. The molecule has 0 spiro atoms. The predicted octanol–water partition coefficient (Wildman–Crippen LogP) is 5.33. The van der Waals surface area contributed by atoms with Crippen molar-refractivity contribution in [1.82, 2.24) is 10.2 Å². The lowest BCUT2D eigenvalue weighted by Gasteiger charge is -2.32. The summed E-state index contributed by atoms with van der Waals surface area (Å²) < 4.78 is 34.1. The Labute approximate surface area is 247 Å². The number of amides is 2. The van der Waals surface area contributed by atoms with E-state index in [2.05, 4.69) is 5.32 Å². The second kappa shape index (κ2) is 13.4. The van der Waals surface area contributed by atoms with Crippen LogP contribution in [0.2, 0.25) is 5.02 Å². The summed E-state index contributed by atoms with van der Waals surface area (Å²) in [6, 6.07) is 19.2. The summed E-state index contributed by atoms with van der Waals surface area (Å²) in [6.45, 7) is 3.19. The van der Waals surface area contributed by atoms with Crippen molar-refractivity contribution >= 4 is 39.1 Å². The van der Waals surface area contributed by atoms with Crippen LogP contribution in [-0.4, -0.2) is 50.9 Å². The minimum absolute atomic E-state index is 0.0166. The number of sulfonamides is 1. The maximum atomic E-state index is 14.0. The van der Waals surface area contributed by atoms with Gasteiger partial charge in [0.1, 0.15) is 18.3 Å². The van der Waals surface area contributed by atoms with Crippen molar-refractivity contribution in [2.75, 3.05) is 18.0 Å². The van der Waals surface area contributed by atoms with Crippen molar-refractivity contribution in [3.05, 3.63) is 88.9 Å². The fourth-order valence-corrected chi connectivity index (χ4v) is 6.42. The molecule has 0 radical (unpaired) electrons. The van der Waals surface area contributed by atoms with E-state index in [9.17, 15) is 18.0 Å². The third-order valence-electron chi connectivity index (χ3n) is 7.38. The van der Waals surface area contributed by atoms with Crippen LogP contribution < -0.4 is 14.4 Å². The van der Waals surface area contributed by atoms with Gasteiger partial charge in [-0.1, -0.05) is 54.3 Å². The number of methoxy groups -OCH3 is 1. The van der Waals surface area contributed by atoms with E-state index < -0.39 is 28.5 Å². The first-order valence-corrected chi connectivity index (χ1v) is 15.5. The molecule has 0 aromatic heterocycles. The Morgan fingerprint density at radius 2 is 1.59 bits per heavy atom. The van der Waals surface area contributed by atoms with Gasteiger partial charge in [0.05, 0.1) is 17.7 Å². The number of benzene rings is 3. The fourth-order valence-electron chi connectivity index (χ4n) is 4.88. The van der Waals surface area contributed by atoms with E-state index in [0.717, 1.165) is 41.1 Å². The van der Waals surface area contributed by atoms with Crippen LogP contribution in [-0.2, 0) is 26.2 Å². The number of halogens is 1. The van der Waals surface area contributed by atoms with E-state index in [0.29, 0.717) is 16.5 Å². The number of rotatable bonds is 11. The zero-order valence-corrected chi connectivity index (χ0v) is 25.1. The third kappa shape index (κ3) is 7.59. The number of nitrogens with one attached hydrogen (secondary N) is 1. The Kier molecular flexibility index (Phi) is 9.94. The first-order chi connectivity index (χ1) is 19.6. The molecule has 1 unspecified atom stereocenters. The molecule has 0 heterocycles. The van der Waals surface area contributed by atoms with E-state index >= 15 is 0 Å². The van der Waals surface area contributed by atoms with E-state index in [1.54, 1.807) is 67.6 Å². The fraction of sp³-hybridized carbons (Fsp3) is 0.355.